The fourth-order valence-electron chi connectivity index (χ4n) is 2.05. The molecule has 0 aromatic carbocycles. The summed E-state index contributed by atoms with van der Waals surface area (Å²) in [5, 5.41) is 0. The van der Waals surface area contributed by atoms with E-state index in [-0.39, 0.29) is 5.54 Å². The van der Waals surface area contributed by atoms with Gasteiger partial charge in [0.1, 0.15) is 0 Å². The minimum atomic E-state index is -0.140. The van der Waals surface area contributed by atoms with Crippen molar-refractivity contribution in [3.8, 4) is 0 Å². The zero-order chi connectivity index (χ0) is 9.73. The van der Waals surface area contributed by atoms with Crippen LogP contribution in [0.1, 0.15) is 26.2 Å². The number of hydrogen-bond acceptors (Lipinski definition) is 3. The van der Waals surface area contributed by atoms with E-state index in [2.05, 4.69) is 6.92 Å². The molecule has 1 aliphatic heterocycles. The molecule has 1 aliphatic rings. The lowest BCUT2D eigenvalue weighted by Gasteiger charge is -2.38. The quantitative estimate of drug-likeness (QED) is 0.718. The number of methoxy groups -OCH3 is 1. The normalized spacial score (nSPS) is 24.2. The zero-order valence-corrected chi connectivity index (χ0v) is 8.71. The van der Waals surface area contributed by atoms with E-state index in [1.165, 1.54) is 0 Å². The van der Waals surface area contributed by atoms with Gasteiger partial charge in [-0.1, -0.05) is 6.92 Å². The van der Waals surface area contributed by atoms with Crippen LogP contribution in [-0.2, 0) is 9.47 Å². The molecule has 0 saturated carbocycles. The molecule has 0 spiro atoms. The van der Waals surface area contributed by atoms with Crippen molar-refractivity contribution >= 4 is 0 Å². The van der Waals surface area contributed by atoms with E-state index in [1.807, 2.05) is 0 Å². The average Bonchev–Trinajstić information content (AvgIpc) is 2.19. The van der Waals surface area contributed by atoms with Gasteiger partial charge in [-0.05, 0) is 25.2 Å². The van der Waals surface area contributed by atoms with Gasteiger partial charge < -0.3 is 15.2 Å². The minimum Gasteiger partial charge on any atom is -0.383 e. The largest absolute Gasteiger partial charge is 0.383 e. The van der Waals surface area contributed by atoms with Crippen LogP contribution in [0.3, 0.4) is 0 Å². The highest BCUT2D eigenvalue weighted by Gasteiger charge is 2.34. The molecule has 0 amide bonds. The minimum absolute atomic E-state index is 0.140. The van der Waals surface area contributed by atoms with Crippen LogP contribution in [0.25, 0.3) is 0 Å². The fourth-order valence-corrected chi connectivity index (χ4v) is 2.05. The SMILES string of the molecule is CCC(N)(COC)C1CCOCC1. The second-order valence-corrected chi connectivity index (χ2v) is 3.91. The van der Waals surface area contributed by atoms with Crippen LogP contribution in [0.5, 0.6) is 0 Å². The van der Waals surface area contributed by atoms with Gasteiger partial charge in [-0.2, -0.15) is 0 Å². The van der Waals surface area contributed by atoms with E-state index >= 15 is 0 Å². The Labute approximate surface area is 80.6 Å². The number of rotatable bonds is 4. The third kappa shape index (κ3) is 2.66. The van der Waals surface area contributed by atoms with Crippen LogP contribution in [-0.4, -0.2) is 32.5 Å². The first kappa shape index (κ1) is 11.0. The van der Waals surface area contributed by atoms with E-state index in [1.54, 1.807) is 7.11 Å². The van der Waals surface area contributed by atoms with Crippen molar-refractivity contribution in [1.82, 2.24) is 0 Å². The first-order chi connectivity index (χ1) is 6.23. The molecule has 1 rings (SSSR count). The van der Waals surface area contributed by atoms with Gasteiger partial charge >= 0.3 is 0 Å². The molecule has 78 valence electrons. The lowest BCUT2D eigenvalue weighted by Crippen LogP contribution is -2.52. The summed E-state index contributed by atoms with van der Waals surface area (Å²) >= 11 is 0. The molecule has 1 unspecified atom stereocenters. The van der Waals surface area contributed by atoms with Crippen LogP contribution in [0, 0.1) is 5.92 Å². The van der Waals surface area contributed by atoms with Crippen molar-refractivity contribution in [2.75, 3.05) is 26.9 Å². The third-order valence-corrected chi connectivity index (χ3v) is 3.11. The summed E-state index contributed by atoms with van der Waals surface area (Å²) in [5.41, 5.74) is 6.16. The van der Waals surface area contributed by atoms with Crippen molar-refractivity contribution in [1.29, 1.82) is 0 Å². The van der Waals surface area contributed by atoms with E-state index in [0.29, 0.717) is 12.5 Å². The summed E-state index contributed by atoms with van der Waals surface area (Å²) in [6, 6.07) is 0. The Morgan fingerprint density at radius 3 is 2.54 bits per heavy atom. The monoisotopic (exact) mass is 187 g/mol. The molecule has 1 heterocycles. The van der Waals surface area contributed by atoms with E-state index in [0.717, 1.165) is 32.5 Å². The Balaban J connectivity index is 2.51. The molecule has 13 heavy (non-hydrogen) atoms. The molecule has 1 atom stereocenters. The van der Waals surface area contributed by atoms with Crippen LogP contribution in [0.15, 0.2) is 0 Å². The van der Waals surface area contributed by atoms with E-state index in [9.17, 15) is 0 Å². The molecule has 1 fully saturated rings. The maximum atomic E-state index is 6.30. The number of hydrogen-bond donors (Lipinski definition) is 1. The number of nitrogens with two attached hydrogens (primary N) is 1. The summed E-state index contributed by atoms with van der Waals surface area (Å²) in [7, 11) is 1.72. The summed E-state index contributed by atoms with van der Waals surface area (Å²) in [5.74, 6) is 0.561. The van der Waals surface area contributed by atoms with Crippen molar-refractivity contribution in [3.05, 3.63) is 0 Å². The maximum absolute atomic E-state index is 6.30. The van der Waals surface area contributed by atoms with Crippen LogP contribution in [0.4, 0.5) is 0 Å². The van der Waals surface area contributed by atoms with Crippen molar-refractivity contribution in [3.63, 3.8) is 0 Å². The molecule has 0 bridgehead atoms. The summed E-state index contributed by atoms with van der Waals surface area (Å²) in [6.45, 7) is 4.50. The highest BCUT2D eigenvalue weighted by Crippen LogP contribution is 2.28. The molecular formula is C10H21NO2. The van der Waals surface area contributed by atoms with Gasteiger partial charge in [0, 0.05) is 25.9 Å². The van der Waals surface area contributed by atoms with Gasteiger partial charge in [0.2, 0.25) is 0 Å². The Morgan fingerprint density at radius 1 is 1.46 bits per heavy atom. The van der Waals surface area contributed by atoms with Gasteiger partial charge in [-0.15, -0.1) is 0 Å². The highest BCUT2D eigenvalue weighted by molar-refractivity contribution is 4.91. The summed E-state index contributed by atoms with van der Waals surface area (Å²) < 4.78 is 10.5. The fraction of sp³-hybridized carbons (Fsp3) is 1.00. The second-order valence-electron chi connectivity index (χ2n) is 3.91. The van der Waals surface area contributed by atoms with Crippen LogP contribution < -0.4 is 5.73 Å². The average molecular weight is 187 g/mol. The van der Waals surface area contributed by atoms with Crippen LogP contribution >= 0.6 is 0 Å². The van der Waals surface area contributed by atoms with Crippen molar-refractivity contribution in [2.24, 2.45) is 11.7 Å². The summed E-state index contributed by atoms with van der Waals surface area (Å²) in [4.78, 5) is 0. The molecule has 1 saturated heterocycles. The highest BCUT2D eigenvalue weighted by atomic mass is 16.5. The molecule has 2 N–H and O–H groups in total. The Hall–Kier alpha value is -0.120. The lowest BCUT2D eigenvalue weighted by molar-refractivity contribution is 0.0110. The number of ether oxygens (including phenoxy) is 2. The molecule has 0 aromatic heterocycles. The second kappa shape index (κ2) is 4.94. The van der Waals surface area contributed by atoms with Crippen LogP contribution in [0.2, 0.25) is 0 Å². The third-order valence-electron chi connectivity index (χ3n) is 3.11. The maximum Gasteiger partial charge on any atom is 0.0645 e. The Morgan fingerprint density at radius 2 is 2.08 bits per heavy atom. The molecule has 0 radical (unpaired) electrons. The van der Waals surface area contributed by atoms with Gasteiger partial charge in [-0.25, -0.2) is 0 Å². The standard InChI is InChI=1S/C10H21NO2/c1-3-10(11,8-12-2)9-4-6-13-7-5-9/h9H,3-8,11H2,1-2H3. The van der Waals surface area contributed by atoms with Gasteiger partial charge in [0.05, 0.1) is 6.61 Å². The topological polar surface area (TPSA) is 44.5 Å². The molecular weight excluding hydrogens is 166 g/mol. The molecule has 0 aliphatic carbocycles. The lowest BCUT2D eigenvalue weighted by atomic mass is 9.78. The Kier molecular flexibility index (Phi) is 4.16. The van der Waals surface area contributed by atoms with Crippen molar-refractivity contribution < 1.29 is 9.47 Å². The first-order valence-corrected chi connectivity index (χ1v) is 5.08. The zero-order valence-electron chi connectivity index (χ0n) is 8.71. The molecule has 0 aromatic rings. The van der Waals surface area contributed by atoms with E-state index in [4.69, 9.17) is 15.2 Å². The predicted octanol–water partition coefficient (Wildman–Crippen LogP) is 1.17. The van der Waals surface area contributed by atoms with Crippen molar-refractivity contribution in [2.45, 2.75) is 31.7 Å². The predicted molar refractivity (Wildman–Crippen MR) is 52.6 cm³/mol. The molecule has 3 heteroatoms. The van der Waals surface area contributed by atoms with Gasteiger partial charge in [0.15, 0.2) is 0 Å². The van der Waals surface area contributed by atoms with Gasteiger partial charge in [0.25, 0.3) is 0 Å². The van der Waals surface area contributed by atoms with E-state index < -0.39 is 0 Å². The van der Waals surface area contributed by atoms with Gasteiger partial charge in [-0.3, -0.25) is 0 Å². The molecule has 3 nitrogen and oxygen atoms in total. The smallest absolute Gasteiger partial charge is 0.0645 e. The first-order valence-electron chi connectivity index (χ1n) is 5.08. The summed E-state index contributed by atoms with van der Waals surface area (Å²) in [6.07, 6.45) is 3.13. The Bertz CT molecular complexity index is 146.